The molecular formula is C25H36N6OS. The average Bonchev–Trinajstić information content (AvgIpc) is 3.21. The van der Waals surface area contributed by atoms with Crippen LogP contribution < -0.4 is 5.32 Å². The van der Waals surface area contributed by atoms with E-state index in [9.17, 15) is 4.79 Å². The van der Waals surface area contributed by atoms with E-state index in [-0.39, 0.29) is 5.91 Å². The van der Waals surface area contributed by atoms with Crippen molar-refractivity contribution in [3.8, 4) is 0 Å². The lowest BCUT2D eigenvalue weighted by molar-refractivity contribution is -0.118. The van der Waals surface area contributed by atoms with Gasteiger partial charge in [0.2, 0.25) is 11.1 Å². The highest BCUT2D eigenvalue weighted by Crippen LogP contribution is 2.21. The van der Waals surface area contributed by atoms with Crippen LogP contribution in [0.5, 0.6) is 0 Å². The Labute approximate surface area is 201 Å². The Morgan fingerprint density at radius 3 is 2.48 bits per heavy atom. The molecule has 0 unspecified atom stereocenters. The van der Waals surface area contributed by atoms with Crippen LogP contribution in [0.3, 0.4) is 0 Å². The molecule has 7 nitrogen and oxygen atoms in total. The fraction of sp³-hybridized carbons (Fsp3) is 0.520. The molecule has 1 aromatic carbocycles. The van der Waals surface area contributed by atoms with E-state index in [2.05, 4.69) is 84.2 Å². The number of carbonyl (C=O) groups is 1. The van der Waals surface area contributed by atoms with Crippen molar-refractivity contribution in [2.75, 3.05) is 31.9 Å². The van der Waals surface area contributed by atoms with Crippen molar-refractivity contribution >= 4 is 23.4 Å². The Morgan fingerprint density at radius 1 is 1.12 bits per heavy atom. The van der Waals surface area contributed by atoms with E-state index in [1.165, 1.54) is 22.9 Å². The summed E-state index contributed by atoms with van der Waals surface area (Å²) in [6.07, 6.45) is 0.803. The van der Waals surface area contributed by atoms with Crippen molar-refractivity contribution in [1.82, 2.24) is 29.8 Å². The molecule has 0 fully saturated rings. The first-order chi connectivity index (χ1) is 15.8. The summed E-state index contributed by atoms with van der Waals surface area (Å²) in [5, 5.41) is 8.23. The molecule has 1 N–H and O–H groups in total. The maximum Gasteiger partial charge on any atom is 0.253 e. The van der Waals surface area contributed by atoms with Gasteiger partial charge >= 0.3 is 0 Å². The number of benzene rings is 1. The van der Waals surface area contributed by atoms with Crippen LogP contribution >= 0.6 is 11.8 Å². The van der Waals surface area contributed by atoms with Gasteiger partial charge in [0.1, 0.15) is 0 Å². The quantitative estimate of drug-likeness (QED) is 0.431. The molecular weight excluding hydrogens is 432 g/mol. The SMILES string of the molecule is CCN(CC)C[C@@H](C)CNC(=O)CSc1nc2nc(C)c(Cc3ccc(C)cc3)c(C)n2n1. The van der Waals surface area contributed by atoms with Gasteiger partial charge in [-0.25, -0.2) is 9.50 Å². The predicted molar refractivity (Wildman–Crippen MR) is 135 cm³/mol. The largest absolute Gasteiger partial charge is 0.355 e. The van der Waals surface area contributed by atoms with E-state index >= 15 is 0 Å². The summed E-state index contributed by atoms with van der Waals surface area (Å²) < 4.78 is 1.79. The van der Waals surface area contributed by atoms with Gasteiger partial charge in [0.05, 0.1) is 5.75 Å². The second kappa shape index (κ2) is 11.6. The Bertz CT molecular complexity index is 1070. The molecule has 0 bridgehead atoms. The molecule has 0 aliphatic heterocycles. The molecule has 3 rings (SSSR count). The monoisotopic (exact) mass is 468 g/mol. The van der Waals surface area contributed by atoms with Gasteiger partial charge in [-0.05, 0) is 50.9 Å². The summed E-state index contributed by atoms with van der Waals surface area (Å²) in [4.78, 5) is 23.9. The first-order valence-electron chi connectivity index (χ1n) is 11.7. The summed E-state index contributed by atoms with van der Waals surface area (Å²) in [5.41, 5.74) is 5.65. The minimum absolute atomic E-state index is 0.00572. The maximum atomic E-state index is 12.3. The van der Waals surface area contributed by atoms with Crippen molar-refractivity contribution < 1.29 is 4.79 Å². The molecule has 2 heterocycles. The lowest BCUT2D eigenvalue weighted by Gasteiger charge is -2.22. The molecule has 2 aromatic heterocycles. The number of carbonyl (C=O) groups excluding carboxylic acids is 1. The molecule has 178 valence electrons. The van der Waals surface area contributed by atoms with E-state index < -0.39 is 0 Å². The lowest BCUT2D eigenvalue weighted by Crippen LogP contribution is -2.36. The van der Waals surface area contributed by atoms with Gasteiger partial charge in [-0.1, -0.05) is 62.4 Å². The molecule has 0 aliphatic carbocycles. The molecule has 33 heavy (non-hydrogen) atoms. The Kier molecular flexibility index (Phi) is 8.86. The highest BCUT2D eigenvalue weighted by Gasteiger charge is 2.15. The molecule has 0 saturated carbocycles. The van der Waals surface area contributed by atoms with Gasteiger partial charge in [-0.15, -0.1) is 5.10 Å². The van der Waals surface area contributed by atoms with E-state index in [1.807, 2.05) is 6.92 Å². The van der Waals surface area contributed by atoms with Crippen molar-refractivity contribution in [1.29, 1.82) is 0 Å². The lowest BCUT2D eigenvalue weighted by atomic mass is 10.0. The molecule has 0 radical (unpaired) electrons. The first-order valence-corrected chi connectivity index (χ1v) is 12.7. The third-order valence-corrected chi connectivity index (χ3v) is 6.81. The second-order valence-corrected chi connectivity index (χ2v) is 9.66. The van der Waals surface area contributed by atoms with Crippen LogP contribution in [-0.4, -0.2) is 62.3 Å². The standard InChI is InChI=1S/C25H36N6OS/c1-7-30(8-2)15-18(4)14-26-23(32)16-33-25-28-24-27-19(5)22(20(6)31(24)29-25)13-21-11-9-17(3)10-12-21/h9-12,18H,7-8,13-16H2,1-6H3,(H,26,32)/t18-/m0/s1. The van der Waals surface area contributed by atoms with Crippen LogP contribution in [0.25, 0.3) is 5.78 Å². The number of hydrogen-bond acceptors (Lipinski definition) is 6. The van der Waals surface area contributed by atoms with Crippen LogP contribution in [0.15, 0.2) is 29.4 Å². The molecule has 0 saturated heterocycles. The minimum Gasteiger partial charge on any atom is -0.355 e. The predicted octanol–water partition coefficient (Wildman–Crippen LogP) is 3.83. The third-order valence-electron chi connectivity index (χ3n) is 5.98. The summed E-state index contributed by atoms with van der Waals surface area (Å²) in [5.74, 6) is 1.29. The third kappa shape index (κ3) is 6.77. The van der Waals surface area contributed by atoms with Gasteiger partial charge in [-0.3, -0.25) is 4.79 Å². The summed E-state index contributed by atoms with van der Waals surface area (Å²) >= 11 is 1.35. The van der Waals surface area contributed by atoms with E-state index in [0.717, 1.165) is 43.0 Å². The van der Waals surface area contributed by atoms with Gasteiger partial charge in [0.15, 0.2) is 0 Å². The zero-order chi connectivity index (χ0) is 24.0. The number of nitrogens with one attached hydrogen (secondary N) is 1. The minimum atomic E-state index is 0.00572. The number of aromatic nitrogens is 4. The molecule has 0 spiro atoms. The fourth-order valence-corrected chi connectivity index (χ4v) is 4.52. The fourth-order valence-electron chi connectivity index (χ4n) is 3.87. The zero-order valence-electron chi connectivity index (χ0n) is 20.7. The number of nitrogens with zero attached hydrogens (tertiary/aromatic N) is 5. The van der Waals surface area contributed by atoms with E-state index in [4.69, 9.17) is 0 Å². The van der Waals surface area contributed by atoms with E-state index in [0.29, 0.717) is 29.1 Å². The first kappa shape index (κ1) is 25.2. The van der Waals surface area contributed by atoms with Gasteiger partial charge < -0.3 is 10.2 Å². The molecule has 8 heteroatoms. The number of hydrogen-bond donors (Lipinski definition) is 1. The van der Waals surface area contributed by atoms with Crippen LogP contribution in [0.1, 0.15) is 48.8 Å². The Morgan fingerprint density at radius 2 is 1.82 bits per heavy atom. The van der Waals surface area contributed by atoms with Crippen molar-refractivity contribution in [2.24, 2.45) is 5.92 Å². The topological polar surface area (TPSA) is 75.4 Å². The van der Waals surface area contributed by atoms with Crippen LogP contribution in [-0.2, 0) is 11.2 Å². The molecule has 3 aromatic rings. The number of aryl methyl sites for hydroxylation is 3. The van der Waals surface area contributed by atoms with Crippen LogP contribution in [0, 0.1) is 26.7 Å². The summed E-state index contributed by atoms with van der Waals surface area (Å²) in [6, 6.07) is 8.57. The Balaban J connectivity index is 1.61. The van der Waals surface area contributed by atoms with Crippen LogP contribution in [0.2, 0.25) is 0 Å². The zero-order valence-corrected chi connectivity index (χ0v) is 21.5. The van der Waals surface area contributed by atoms with Gasteiger partial charge in [-0.2, -0.15) is 4.98 Å². The highest BCUT2D eigenvalue weighted by molar-refractivity contribution is 7.99. The molecule has 1 atom stereocenters. The Hall–Kier alpha value is -2.45. The maximum absolute atomic E-state index is 12.3. The van der Waals surface area contributed by atoms with Gasteiger partial charge in [0.25, 0.3) is 5.78 Å². The second-order valence-electron chi connectivity index (χ2n) is 8.71. The summed E-state index contributed by atoms with van der Waals surface area (Å²) in [6.45, 7) is 16.4. The van der Waals surface area contributed by atoms with Crippen molar-refractivity contribution in [2.45, 2.75) is 53.1 Å². The molecule has 0 aliphatic rings. The van der Waals surface area contributed by atoms with Crippen molar-refractivity contribution in [3.63, 3.8) is 0 Å². The van der Waals surface area contributed by atoms with Crippen molar-refractivity contribution in [3.05, 3.63) is 52.3 Å². The number of amides is 1. The average molecular weight is 469 g/mol. The van der Waals surface area contributed by atoms with E-state index in [1.54, 1.807) is 4.52 Å². The van der Waals surface area contributed by atoms with Crippen LogP contribution in [0.4, 0.5) is 0 Å². The summed E-state index contributed by atoms with van der Waals surface area (Å²) in [7, 11) is 0. The number of thioether (sulfide) groups is 1. The molecule has 1 amide bonds. The van der Waals surface area contributed by atoms with Gasteiger partial charge in [0, 0.05) is 30.9 Å². The normalized spacial score (nSPS) is 12.5. The number of fused-ring (bicyclic) bond motifs is 1. The highest BCUT2D eigenvalue weighted by atomic mass is 32.2. The smallest absolute Gasteiger partial charge is 0.253 e. The number of rotatable bonds is 11.